The van der Waals surface area contributed by atoms with Gasteiger partial charge in [0.2, 0.25) is 0 Å². The van der Waals surface area contributed by atoms with Gasteiger partial charge in [0.1, 0.15) is 0 Å². The van der Waals surface area contributed by atoms with Crippen LogP contribution in [0, 0.1) is 6.92 Å². The van der Waals surface area contributed by atoms with E-state index in [9.17, 15) is 0 Å². The van der Waals surface area contributed by atoms with Crippen molar-refractivity contribution in [3.63, 3.8) is 0 Å². The molecule has 0 fully saturated rings. The minimum Gasteiger partial charge on any atom is -0.107 e. The van der Waals surface area contributed by atoms with Crippen molar-refractivity contribution >= 4 is 43.6 Å². The SMILES string of the molecule is Cc1ccc2c(c1)C(C)N(C)[Se]2.I. The Labute approximate surface area is 103 Å². The minimum atomic E-state index is 0. The Morgan fingerprint density at radius 2 is 2.08 bits per heavy atom. The normalized spacial score (nSPS) is 21.0. The van der Waals surface area contributed by atoms with E-state index < -0.39 is 0 Å². The van der Waals surface area contributed by atoms with Gasteiger partial charge in [0, 0.05) is 0 Å². The molecule has 0 saturated heterocycles. The maximum absolute atomic E-state index is 2.44. The molecule has 13 heavy (non-hydrogen) atoms. The molecular formula is C10H14INSe. The number of halogens is 1. The Morgan fingerprint density at radius 1 is 1.38 bits per heavy atom. The van der Waals surface area contributed by atoms with Crippen LogP contribution in [-0.2, 0) is 0 Å². The molecule has 0 N–H and O–H groups in total. The Balaban J connectivity index is 0.000000845. The third kappa shape index (κ3) is 2.09. The van der Waals surface area contributed by atoms with Crippen molar-refractivity contribution in [1.82, 2.24) is 3.92 Å². The van der Waals surface area contributed by atoms with Crippen LogP contribution < -0.4 is 4.46 Å². The first-order chi connectivity index (χ1) is 5.68. The molecule has 1 aliphatic heterocycles. The predicted molar refractivity (Wildman–Crippen MR) is 68.2 cm³/mol. The van der Waals surface area contributed by atoms with Crippen molar-refractivity contribution in [3.05, 3.63) is 29.3 Å². The summed E-state index contributed by atoms with van der Waals surface area (Å²) in [6, 6.07) is 7.45. The van der Waals surface area contributed by atoms with Crippen molar-refractivity contribution in [2.24, 2.45) is 0 Å². The van der Waals surface area contributed by atoms with Crippen LogP contribution in [0.3, 0.4) is 0 Å². The first-order valence-corrected chi connectivity index (χ1v) is 5.82. The van der Waals surface area contributed by atoms with Gasteiger partial charge in [-0.2, -0.15) is 0 Å². The summed E-state index contributed by atoms with van der Waals surface area (Å²) in [4.78, 5) is 0. The zero-order valence-electron chi connectivity index (χ0n) is 8.07. The van der Waals surface area contributed by atoms with Gasteiger partial charge in [0.25, 0.3) is 0 Å². The number of rotatable bonds is 0. The van der Waals surface area contributed by atoms with E-state index in [2.05, 4.69) is 43.0 Å². The summed E-state index contributed by atoms with van der Waals surface area (Å²) >= 11 is 0.558. The summed E-state index contributed by atoms with van der Waals surface area (Å²) in [5, 5.41) is 0. The first kappa shape index (κ1) is 11.5. The first-order valence-electron chi connectivity index (χ1n) is 4.20. The van der Waals surface area contributed by atoms with E-state index in [1.807, 2.05) is 0 Å². The molecule has 0 aliphatic carbocycles. The Hall–Kier alpha value is 0.429. The molecule has 0 aromatic heterocycles. The van der Waals surface area contributed by atoms with Crippen molar-refractivity contribution in [3.8, 4) is 0 Å². The van der Waals surface area contributed by atoms with Gasteiger partial charge in [-0.3, -0.25) is 0 Å². The molecule has 1 atom stereocenters. The van der Waals surface area contributed by atoms with Crippen molar-refractivity contribution in [2.75, 3.05) is 7.05 Å². The van der Waals surface area contributed by atoms with E-state index in [0.29, 0.717) is 21.2 Å². The van der Waals surface area contributed by atoms with Gasteiger partial charge in [-0.1, -0.05) is 0 Å². The monoisotopic (exact) mass is 355 g/mol. The van der Waals surface area contributed by atoms with E-state index in [1.165, 1.54) is 11.1 Å². The number of hydrogen-bond acceptors (Lipinski definition) is 1. The quantitative estimate of drug-likeness (QED) is 0.508. The number of fused-ring (bicyclic) bond motifs is 1. The second-order valence-corrected chi connectivity index (χ2v) is 5.87. The van der Waals surface area contributed by atoms with Crippen LogP contribution in [0.15, 0.2) is 18.2 Å². The Kier molecular flexibility index (Phi) is 3.81. The minimum absolute atomic E-state index is 0. The van der Waals surface area contributed by atoms with Gasteiger partial charge in [-0.25, -0.2) is 0 Å². The molecule has 72 valence electrons. The number of hydrogen-bond donors (Lipinski definition) is 0. The fourth-order valence-corrected chi connectivity index (χ4v) is 3.70. The predicted octanol–water partition coefficient (Wildman–Crippen LogP) is 1.86. The second kappa shape index (κ2) is 4.30. The zero-order chi connectivity index (χ0) is 8.72. The van der Waals surface area contributed by atoms with Crippen molar-refractivity contribution in [1.29, 1.82) is 0 Å². The summed E-state index contributed by atoms with van der Waals surface area (Å²) in [6.45, 7) is 4.45. The molecule has 0 bridgehead atoms. The van der Waals surface area contributed by atoms with Crippen LogP contribution in [0.1, 0.15) is 24.1 Å². The van der Waals surface area contributed by atoms with E-state index >= 15 is 0 Å². The topological polar surface area (TPSA) is 3.24 Å². The summed E-state index contributed by atoms with van der Waals surface area (Å²) in [7, 11) is 2.21. The standard InChI is InChI=1S/C10H13NSe.HI/c1-7-4-5-10-9(6-7)8(2)11(3)12-10;/h4-6,8H,1-3H3;1H. The fourth-order valence-electron chi connectivity index (χ4n) is 1.51. The Bertz CT molecular complexity index is 314. The van der Waals surface area contributed by atoms with Crippen LogP contribution in [0.2, 0.25) is 0 Å². The zero-order valence-corrected chi connectivity index (χ0v) is 12.1. The largest absolute Gasteiger partial charge is 0.107 e. The summed E-state index contributed by atoms with van der Waals surface area (Å²) in [6.07, 6.45) is 0. The summed E-state index contributed by atoms with van der Waals surface area (Å²) < 4.78 is 4.00. The van der Waals surface area contributed by atoms with Crippen LogP contribution in [0.25, 0.3) is 0 Å². The van der Waals surface area contributed by atoms with E-state index in [0.717, 1.165) is 0 Å². The molecule has 1 heterocycles. The molecule has 1 nitrogen and oxygen atoms in total. The Morgan fingerprint density at radius 3 is 2.77 bits per heavy atom. The van der Waals surface area contributed by atoms with E-state index in [-0.39, 0.29) is 24.0 Å². The number of benzene rings is 1. The van der Waals surface area contributed by atoms with Gasteiger partial charge in [0.15, 0.2) is 0 Å². The second-order valence-electron chi connectivity index (χ2n) is 3.35. The van der Waals surface area contributed by atoms with Crippen molar-refractivity contribution < 1.29 is 0 Å². The molecule has 1 aromatic rings. The third-order valence-electron chi connectivity index (χ3n) is 2.40. The summed E-state index contributed by atoms with van der Waals surface area (Å²) in [5.74, 6) is 0. The molecule has 1 aliphatic rings. The fraction of sp³-hybridized carbons (Fsp3) is 0.400. The molecule has 0 spiro atoms. The van der Waals surface area contributed by atoms with Crippen LogP contribution in [0.5, 0.6) is 0 Å². The van der Waals surface area contributed by atoms with Gasteiger partial charge in [-0.15, -0.1) is 24.0 Å². The summed E-state index contributed by atoms with van der Waals surface area (Å²) in [5.41, 5.74) is 2.92. The molecule has 2 rings (SSSR count). The van der Waals surface area contributed by atoms with Gasteiger partial charge in [0.05, 0.1) is 0 Å². The molecule has 3 heteroatoms. The smallest absolute Gasteiger partial charge is 0.107 e. The van der Waals surface area contributed by atoms with Crippen LogP contribution in [-0.4, -0.2) is 26.1 Å². The average molecular weight is 354 g/mol. The molecule has 0 radical (unpaired) electrons. The maximum atomic E-state index is 2.44. The van der Waals surface area contributed by atoms with Crippen molar-refractivity contribution in [2.45, 2.75) is 19.9 Å². The van der Waals surface area contributed by atoms with Gasteiger partial charge in [-0.05, 0) is 0 Å². The third-order valence-corrected chi connectivity index (χ3v) is 4.86. The molecule has 0 amide bonds. The number of aryl methyl sites for hydroxylation is 1. The van der Waals surface area contributed by atoms with E-state index in [1.54, 1.807) is 4.46 Å². The average Bonchev–Trinajstić information content (AvgIpc) is 2.31. The molecule has 1 aromatic carbocycles. The molecule has 0 saturated carbocycles. The van der Waals surface area contributed by atoms with Crippen LogP contribution >= 0.6 is 24.0 Å². The molecular weight excluding hydrogens is 340 g/mol. The van der Waals surface area contributed by atoms with Crippen LogP contribution in [0.4, 0.5) is 0 Å². The van der Waals surface area contributed by atoms with E-state index in [4.69, 9.17) is 0 Å². The number of nitrogens with zero attached hydrogens (tertiary/aromatic N) is 1. The van der Waals surface area contributed by atoms with Gasteiger partial charge >= 0.3 is 79.8 Å². The maximum Gasteiger partial charge on any atom is -0.107 e. The van der Waals surface area contributed by atoms with Gasteiger partial charge < -0.3 is 0 Å². The molecule has 1 unspecified atom stereocenters.